The lowest BCUT2D eigenvalue weighted by Crippen LogP contribution is -1.99. The van der Waals surface area contributed by atoms with Crippen molar-refractivity contribution in [2.45, 2.75) is 18.9 Å². The highest BCUT2D eigenvalue weighted by atomic mass is 16.5. The summed E-state index contributed by atoms with van der Waals surface area (Å²) in [5.74, 6) is 1.48. The van der Waals surface area contributed by atoms with Gasteiger partial charge in [0, 0.05) is 18.1 Å². The van der Waals surface area contributed by atoms with Gasteiger partial charge in [-0.2, -0.15) is 4.98 Å². The maximum Gasteiger partial charge on any atom is 0.257 e. The average Bonchev–Trinajstić information content (AvgIpc) is 3.09. The van der Waals surface area contributed by atoms with Crippen molar-refractivity contribution in [2.24, 2.45) is 0 Å². The normalized spacial score (nSPS) is 19.3. The number of ether oxygens (including phenoxy) is 1. The van der Waals surface area contributed by atoms with Gasteiger partial charge in [0.15, 0.2) is 5.82 Å². The zero-order chi connectivity index (χ0) is 12.4. The van der Waals surface area contributed by atoms with E-state index in [2.05, 4.69) is 10.1 Å². The predicted molar refractivity (Wildman–Crippen MR) is 63.8 cm³/mol. The third-order valence-corrected chi connectivity index (χ3v) is 3.12. The number of hydrogen-bond donors (Lipinski definition) is 1. The fourth-order valence-corrected chi connectivity index (χ4v) is 2.01. The Balaban J connectivity index is 1.82. The first-order valence-corrected chi connectivity index (χ1v) is 5.98. The van der Waals surface area contributed by atoms with Crippen LogP contribution in [0.3, 0.4) is 0 Å². The Morgan fingerprint density at radius 2 is 2.11 bits per heavy atom. The summed E-state index contributed by atoms with van der Waals surface area (Å²) in [5, 5.41) is 13.0. The second-order valence-corrected chi connectivity index (χ2v) is 4.37. The largest absolute Gasteiger partial charge is 0.392 e. The molecule has 3 rings (SSSR count). The molecule has 1 aliphatic rings. The molecule has 0 bridgehead atoms. The van der Waals surface area contributed by atoms with Crippen LogP contribution >= 0.6 is 0 Å². The van der Waals surface area contributed by atoms with Gasteiger partial charge >= 0.3 is 0 Å². The van der Waals surface area contributed by atoms with Gasteiger partial charge in [-0.05, 0) is 24.1 Å². The van der Waals surface area contributed by atoms with Gasteiger partial charge in [-0.25, -0.2) is 0 Å². The van der Waals surface area contributed by atoms with Gasteiger partial charge in [0.2, 0.25) is 0 Å². The van der Waals surface area contributed by atoms with Crippen LogP contribution < -0.4 is 0 Å². The van der Waals surface area contributed by atoms with Crippen molar-refractivity contribution in [3.05, 3.63) is 35.7 Å². The quantitative estimate of drug-likeness (QED) is 0.893. The van der Waals surface area contributed by atoms with Crippen molar-refractivity contribution < 1.29 is 14.4 Å². The summed E-state index contributed by atoms with van der Waals surface area (Å²) in [4.78, 5) is 4.40. The summed E-state index contributed by atoms with van der Waals surface area (Å²) >= 11 is 0. The molecule has 1 atom stereocenters. The Kier molecular flexibility index (Phi) is 3.08. The van der Waals surface area contributed by atoms with Crippen LogP contribution in [0.1, 0.15) is 23.7 Å². The number of aliphatic hydroxyl groups is 1. The topological polar surface area (TPSA) is 68.4 Å². The van der Waals surface area contributed by atoms with E-state index in [4.69, 9.17) is 14.4 Å². The van der Waals surface area contributed by atoms with E-state index in [0.29, 0.717) is 18.3 Å². The lowest BCUT2D eigenvalue weighted by molar-refractivity contribution is 0.192. The number of nitrogens with zero attached hydrogens (tertiary/aromatic N) is 2. The molecular formula is C13H14N2O3. The fourth-order valence-electron chi connectivity index (χ4n) is 2.01. The Labute approximate surface area is 104 Å². The molecule has 5 heteroatoms. The summed E-state index contributed by atoms with van der Waals surface area (Å²) in [5.41, 5.74) is 1.73. The Morgan fingerprint density at radius 3 is 2.78 bits per heavy atom. The first-order chi connectivity index (χ1) is 8.86. The lowest BCUT2D eigenvalue weighted by atomic mass is 10.1. The maximum absolute atomic E-state index is 8.98. The smallest absolute Gasteiger partial charge is 0.257 e. The molecule has 1 saturated heterocycles. The zero-order valence-corrected chi connectivity index (χ0v) is 9.87. The molecule has 0 aliphatic carbocycles. The van der Waals surface area contributed by atoms with E-state index in [1.165, 1.54) is 0 Å². The standard InChI is InChI=1S/C13H14N2O3/c16-7-9-1-3-10(4-2-9)13-14-12(15-18-13)11-5-6-17-8-11/h1-4,11,16H,5-8H2. The number of benzene rings is 1. The van der Waals surface area contributed by atoms with Crippen molar-refractivity contribution in [2.75, 3.05) is 13.2 Å². The first-order valence-electron chi connectivity index (χ1n) is 5.98. The predicted octanol–water partition coefficient (Wildman–Crippen LogP) is 1.73. The van der Waals surface area contributed by atoms with Gasteiger partial charge in [-0.3, -0.25) is 0 Å². The number of hydrogen-bond acceptors (Lipinski definition) is 5. The van der Waals surface area contributed by atoms with Gasteiger partial charge in [0.1, 0.15) is 0 Å². The Hall–Kier alpha value is -1.72. The van der Waals surface area contributed by atoms with Crippen LogP contribution in [0.5, 0.6) is 0 Å². The van der Waals surface area contributed by atoms with Crippen molar-refractivity contribution in [3.8, 4) is 11.5 Å². The molecule has 0 saturated carbocycles. The molecule has 1 unspecified atom stereocenters. The summed E-state index contributed by atoms with van der Waals surface area (Å²) in [7, 11) is 0. The minimum atomic E-state index is 0.0365. The molecule has 18 heavy (non-hydrogen) atoms. The lowest BCUT2D eigenvalue weighted by Gasteiger charge is -1.98. The van der Waals surface area contributed by atoms with E-state index < -0.39 is 0 Å². The van der Waals surface area contributed by atoms with Gasteiger partial charge in [0.05, 0.1) is 13.2 Å². The number of aliphatic hydroxyl groups excluding tert-OH is 1. The highest BCUT2D eigenvalue weighted by Gasteiger charge is 2.23. The molecule has 1 aromatic carbocycles. The van der Waals surface area contributed by atoms with Crippen LogP contribution in [0.25, 0.3) is 11.5 Å². The highest BCUT2D eigenvalue weighted by Crippen LogP contribution is 2.25. The highest BCUT2D eigenvalue weighted by molar-refractivity contribution is 5.53. The molecule has 1 aliphatic heterocycles. The average molecular weight is 246 g/mol. The van der Waals surface area contributed by atoms with Crippen LogP contribution in [-0.4, -0.2) is 28.5 Å². The number of aromatic nitrogens is 2. The van der Waals surface area contributed by atoms with Crippen LogP contribution in [0.4, 0.5) is 0 Å². The van der Waals surface area contributed by atoms with Crippen molar-refractivity contribution in [1.82, 2.24) is 10.1 Å². The SMILES string of the molecule is OCc1ccc(-c2nc(C3CCOC3)no2)cc1. The van der Waals surface area contributed by atoms with E-state index in [0.717, 1.165) is 24.2 Å². The molecule has 2 heterocycles. The summed E-state index contributed by atoms with van der Waals surface area (Å²) in [6.07, 6.45) is 0.947. The summed E-state index contributed by atoms with van der Waals surface area (Å²) < 4.78 is 10.6. The number of rotatable bonds is 3. The second kappa shape index (κ2) is 4.88. The first kappa shape index (κ1) is 11.4. The van der Waals surface area contributed by atoms with Crippen molar-refractivity contribution in [3.63, 3.8) is 0 Å². The molecule has 94 valence electrons. The zero-order valence-electron chi connectivity index (χ0n) is 9.87. The molecular weight excluding hydrogens is 232 g/mol. The summed E-state index contributed by atoms with van der Waals surface area (Å²) in [6.45, 7) is 1.47. The molecule has 0 radical (unpaired) electrons. The molecule has 1 fully saturated rings. The summed E-state index contributed by atoms with van der Waals surface area (Å²) in [6, 6.07) is 7.43. The van der Waals surface area contributed by atoms with Gasteiger partial charge in [-0.15, -0.1) is 0 Å². The van der Waals surface area contributed by atoms with E-state index in [9.17, 15) is 0 Å². The molecule has 0 amide bonds. The Morgan fingerprint density at radius 1 is 1.28 bits per heavy atom. The molecule has 1 aromatic heterocycles. The minimum absolute atomic E-state index is 0.0365. The van der Waals surface area contributed by atoms with E-state index >= 15 is 0 Å². The fraction of sp³-hybridized carbons (Fsp3) is 0.385. The minimum Gasteiger partial charge on any atom is -0.392 e. The molecule has 1 N–H and O–H groups in total. The molecule has 5 nitrogen and oxygen atoms in total. The van der Waals surface area contributed by atoms with Crippen LogP contribution in [0.15, 0.2) is 28.8 Å². The van der Waals surface area contributed by atoms with E-state index in [1.54, 1.807) is 0 Å². The van der Waals surface area contributed by atoms with Crippen molar-refractivity contribution >= 4 is 0 Å². The van der Waals surface area contributed by atoms with Gasteiger partial charge < -0.3 is 14.4 Å². The van der Waals surface area contributed by atoms with Crippen molar-refractivity contribution in [1.29, 1.82) is 0 Å². The molecule has 0 spiro atoms. The van der Waals surface area contributed by atoms with Crippen LogP contribution in [0.2, 0.25) is 0 Å². The third-order valence-electron chi connectivity index (χ3n) is 3.12. The molecule has 2 aromatic rings. The van der Waals surface area contributed by atoms with Crippen LogP contribution in [0, 0.1) is 0 Å². The van der Waals surface area contributed by atoms with Gasteiger partial charge in [0.25, 0.3) is 5.89 Å². The Bertz CT molecular complexity index is 515. The third kappa shape index (κ3) is 2.14. The van der Waals surface area contributed by atoms with E-state index in [-0.39, 0.29) is 12.5 Å². The maximum atomic E-state index is 8.98. The van der Waals surface area contributed by atoms with Gasteiger partial charge in [-0.1, -0.05) is 17.3 Å². The monoisotopic (exact) mass is 246 g/mol. The van der Waals surface area contributed by atoms with E-state index in [1.807, 2.05) is 24.3 Å². The van der Waals surface area contributed by atoms with Crippen LogP contribution in [-0.2, 0) is 11.3 Å². The second-order valence-electron chi connectivity index (χ2n) is 4.37.